The second kappa shape index (κ2) is 5.25. The molecule has 0 bridgehead atoms. The van der Waals surface area contributed by atoms with Gasteiger partial charge in [-0.25, -0.2) is 0 Å². The van der Waals surface area contributed by atoms with Crippen molar-refractivity contribution in [1.82, 2.24) is 15.5 Å². The van der Waals surface area contributed by atoms with Crippen LogP contribution in [0.3, 0.4) is 0 Å². The van der Waals surface area contributed by atoms with Crippen molar-refractivity contribution in [1.29, 1.82) is 0 Å². The fourth-order valence-electron chi connectivity index (χ4n) is 2.17. The van der Waals surface area contributed by atoms with Crippen molar-refractivity contribution in [3.63, 3.8) is 0 Å². The lowest BCUT2D eigenvalue weighted by molar-refractivity contribution is 0.568. The molecule has 0 aromatic carbocycles. The third-order valence-electron chi connectivity index (χ3n) is 3.25. The second-order valence-electron chi connectivity index (χ2n) is 4.42. The van der Waals surface area contributed by atoms with Crippen molar-refractivity contribution >= 4 is 5.82 Å². The van der Waals surface area contributed by atoms with Crippen LogP contribution in [-0.4, -0.2) is 30.3 Å². The van der Waals surface area contributed by atoms with Crippen LogP contribution in [0.25, 0.3) is 0 Å². The minimum absolute atomic E-state index is 0.783. The maximum Gasteiger partial charge on any atom is 0.151 e. The molecule has 1 atom stereocenters. The molecule has 1 saturated heterocycles. The van der Waals surface area contributed by atoms with Gasteiger partial charge in [0.05, 0.1) is 5.69 Å². The molecule has 1 N–H and O–H groups in total. The van der Waals surface area contributed by atoms with E-state index in [2.05, 4.69) is 39.5 Å². The molecule has 16 heavy (non-hydrogen) atoms. The van der Waals surface area contributed by atoms with Gasteiger partial charge in [-0.2, -0.15) is 5.10 Å². The van der Waals surface area contributed by atoms with Crippen LogP contribution in [0.5, 0.6) is 0 Å². The van der Waals surface area contributed by atoms with E-state index >= 15 is 0 Å². The number of rotatable bonds is 4. The molecule has 1 fully saturated rings. The summed E-state index contributed by atoms with van der Waals surface area (Å²) in [5.74, 6) is 1.86. The molecule has 1 aromatic heterocycles. The van der Waals surface area contributed by atoms with E-state index in [9.17, 15) is 0 Å². The van der Waals surface area contributed by atoms with Crippen LogP contribution in [-0.2, 0) is 6.54 Å². The van der Waals surface area contributed by atoms with Crippen LogP contribution in [0.4, 0.5) is 5.82 Å². The summed E-state index contributed by atoms with van der Waals surface area (Å²) in [6.07, 6.45) is 2.55. The summed E-state index contributed by atoms with van der Waals surface area (Å²) in [6.45, 7) is 5.30. The molecule has 1 aromatic rings. The fourth-order valence-corrected chi connectivity index (χ4v) is 2.17. The molecule has 0 spiro atoms. The predicted molar refractivity (Wildman–Crippen MR) is 65.4 cm³/mol. The number of nitrogens with zero attached hydrogens (tertiary/aromatic N) is 3. The van der Waals surface area contributed by atoms with Gasteiger partial charge in [0.15, 0.2) is 5.82 Å². The normalized spacial score (nSPS) is 20.4. The lowest BCUT2D eigenvalue weighted by atomic mass is 10.1. The van der Waals surface area contributed by atoms with Crippen molar-refractivity contribution in [3.05, 3.63) is 17.8 Å². The Morgan fingerprint density at radius 1 is 1.44 bits per heavy atom. The summed E-state index contributed by atoms with van der Waals surface area (Å²) in [7, 11) is 1.92. The van der Waals surface area contributed by atoms with E-state index in [-0.39, 0.29) is 0 Å². The molecule has 0 saturated carbocycles. The van der Waals surface area contributed by atoms with Crippen molar-refractivity contribution in [2.75, 3.05) is 25.0 Å². The lowest BCUT2D eigenvalue weighted by Gasteiger charge is -2.16. The maximum absolute atomic E-state index is 4.28. The van der Waals surface area contributed by atoms with E-state index in [1.807, 2.05) is 7.05 Å². The van der Waals surface area contributed by atoms with Gasteiger partial charge in [-0.3, -0.25) is 0 Å². The Kier molecular flexibility index (Phi) is 3.72. The quantitative estimate of drug-likeness (QED) is 0.833. The zero-order valence-electron chi connectivity index (χ0n) is 10.1. The van der Waals surface area contributed by atoms with Crippen LogP contribution < -0.4 is 10.2 Å². The SMILES string of the molecule is CCC1CCN(c2ccc(CNC)nn2)C1. The third-order valence-corrected chi connectivity index (χ3v) is 3.25. The Labute approximate surface area is 97.1 Å². The van der Waals surface area contributed by atoms with Crippen molar-refractivity contribution in [2.24, 2.45) is 5.92 Å². The minimum atomic E-state index is 0.783. The van der Waals surface area contributed by atoms with Crippen LogP contribution >= 0.6 is 0 Å². The van der Waals surface area contributed by atoms with Gasteiger partial charge in [-0.05, 0) is 31.5 Å². The molecule has 88 valence electrons. The largest absolute Gasteiger partial charge is 0.355 e. The van der Waals surface area contributed by atoms with Gasteiger partial charge in [0.2, 0.25) is 0 Å². The molecule has 1 unspecified atom stereocenters. The first-order valence-corrected chi connectivity index (χ1v) is 6.05. The summed E-state index contributed by atoms with van der Waals surface area (Å²) in [4.78, 5) is 2.34. The Balaban J connectivity index is 1.99. The third kappa shape index (κ3) is 2.50. The van der Waals surface area contributed by atoms with E-state index < -0.39 is 0 Å². The standard InChI is InChI=1S/C12H20N4/c1-3-10-6-7-16(9-10)12-5-4-11(8-13-2)14-15-12/h4-5,10,13H,3,6-9H2,1-2H3. The van der Waals surface area contributed by atoms with Crippen LogP contribution in [0.2, 0.25) is 0 Å². The van der Waals surface area contributed by atoms with Crippen molar-refractivity contribution < 1.29 is 0 Å². The van der Waals surface area contributed by atoms with E-state index in [0.717, 1.165) is 37.1 Å². The summed E-state index contributed by atoms with van der Waals surface area (Å²) < 4.78 is 0. The molecule has 1 aliphatic rings. The number of anilines is 1. The Bertz CT molecular complexity index is 322. The molecule has 2 heterocycles. The number of nitrogens with one attached hydrogen (secondary N) is 1. The van der Waals surface area contributed by atoms with Gasteiger partial charge >= 0.3 is 0 Å². The van der Waals surface area contributed by atoms with Crippen molar-refractivity contribution in [3.8, 4) is 0 Å². The highest BCUT2D eigenvalue weighted by atomic mass is 15.3. The first-order valence-electron chi connectivity index (χ1n) is 6.05. The molecule has 4 heteroatoms. The zero-order valence-corrected chi connectivity index (χ0v) is 10.1. The second-order valence-corrected chi connectivity index (χ2v) is 4.42. The van der Waals surface area contributed by atoms with E-state index in [4.69, 9.17) is 0 Å². The summed E-state index contributed by atoms with van der Waals surface area (Å²) in [5, 5.41) is 11.6. The van der Waals surface area contributed by atoms with Gasteiger partial charge in [0.1, 0.15) is 0 Å². The Morgan fingerprint density at radius 2 is 2.31 bits per heavy atom. The van der Waals surface area contributed by atoms with Crippen molar-refractivity contribution in [2.45, 2.75) is 26.3 Å². The number of hydrogen-bond donors (Lipinski definition) is 1. The highest BCUT2D eigenvalue weighted by molar-refractivity contribution is 5.38. The van der Waals surface area contributed by atoms with Crippen LogP contribution in [0, 0.1) is 5.92 Å². The lowest BCUT2D eigenvalue weighted by Crippen LogP contribution is -2.21. The minimum Gasteiger partial charge on any atom is -0.355 e. The monoisotopic (exact) mass is 220 g/mol. The molecule has 4 nitrogen and oxygen atoms in total. The first kappa shape index (κ1) is 11.3. The van der Waals surface area contributed by atoms with Crippen LogP contribution in [0.1, 0.15) is 25.5 Å². The number of hydrogen-bond acceptors (Lipinski definition) is 4. The van der Waals surface area contributed by atoms with Gasteiger partial charge in [-0.1, -0.05) is 13.3 Å². The fraction of sp³-hybridized carbons (Fsp3) is 0.667. The van der Waals surface area contributed by atoms with E-state index in [1.165, 1.54) is 12.8 Å². The average molecular weight is 220 g/mol. The molecular formula is C12H20N4. The summed E-state index contributed by atoms with van der Waals surface area (Å²) >= 11 is 0. The topological polar surface area (TPSA) is 41.0 Å². The average Bonchev–Trinajstić information content (AvgIpc) is 2.79. The van der Waals surface area contributed by atoms with Gasteiger partial charge in [-0.15, -0.1) is 5.10 Å². The molecule has 1 aliphatic heterocycles. The molecule has 0 radical (unpaired) electrons. The number of aromatic nitrogens is 2. The summed E-state index contributed by atoms with van der Waals surface area (Å²) in [5.41, 5.74) is 0.998. The smallest absolute Gasteiger partial charge is 0.151 e. The van der Waals surface area contributed by atoms with E-state index in [1.54, 1.807) is 0 Å². The Morgan fingerprint density at radius 3 is 2.88 bits per heavy atom. The zero-order chi connectivity index (χ0) is 11.4. The van der Waals surface area contributed by atoms with Gasteiger partial charge in [0.25, 0.3) is 0 Å². The molecule has 0 aliphatic carbocycles. The predicted octanol–water partition coefficient (Wildman–Crippen LogP) is 1.43. The molecule has 0 amide bonds. The Hall–Kier alpha value is -1.16. The van der Waals surface area contributed by atoms with E-state index in [0.29, 0.717) is 0 Å². The highest BCUT2D eigenvalue weighted by Gasteiger charge is 2.21. The maximum atomic E-state index is 4.28. The molecular weight excluding hydrogens is 200 g/mol. The first-order chi connectivity index (χ1) is 7.83. The molecule has 2 rings (SSSR count). The summed E-state index contributed by atoms with van der Waals surface area (Å²) in [6, 6.07) is 4.13. The van der Waals surface area contributed by atoms with Gasteiger partial charge in [0, 0.05) is 19.6 Å². The highest BCUT2D eigenvalue weighted by Crippen LogP contribution is 2.23. The van der Waals surface area contributed by atoms with Crippen LogP contribution in [0.15, 0.2) is 12.1 Å². The van der Waals surface area contributed by atoms with Gasteiger partial charge < -0.3 is 10.2 Å².